The van der Waals surface area contributed by atoms with Gasteiger partial charge in [0.25, 0.3) is 0 Å². The van der Waals surface area contributed by atoms with Crippen molar-refractivity contribution in [2.24, 2.45) is 0 Å². The molecule has 0 atom stereocenters. The van der Waals surface area contributed by atoms with E-state index in [9.17, 15) is 0 Å². The Morgan fingerprint density at radius 1 is 1.29 bits per heavy atom. The van der Waals surface area contributed by atoms with Crippen LogP contribution in [-0.4, -0.2) is 9.97 Å². The van der Waals surface area contributed by atoms with Crippen molar-refractivity contribution in [3.63, 3.8) is 0 Å². The summed E-state index contributed by atoms with van der Waals surface area (Å²) in [6, 6.07) is 1.89. The lowest BCUT2D eigenvalue weighted by Crippen LogP contribution is -1.87. The zero-order valence-electron chi connectivity index (χ0n) is 9.92. The lowest BCUT2D eigenvalue weighted by molar-refractivity contribution is 0.832. The van der Waals surface area contributed by atoms with E-state index >= 15 is 0 Å². The monoisotopic (exact) mass is 245 g/mol. The molecular formula is C13H15N3S. The third kappa shape index (κ3) is 3.14. The van der Waals surface area contributed by atoms with Crippen molar-refractivity contribution >= 4 is 29.2 Å². The van der Waals surface area contributed by atoms with Gasteiger partial charge in [0.05, 0.1) is 11.4 Å². The molecule has 0 spiro atoms. The van der Waals surface area contributed by atoms with Gasteiger partial charge in [0.15, 0.2) is 0 Å². The van der Waals surface area contributed by atoms with Crippen LogP contribution in [0.4, 0.5) is 5.69 Å². The van der Waals surface area contributed by atoms with E-state index in [2.05, 4.69) is 29.2 Å². The zero-order chi connectivity index (χ0) is 12.3. The Balaban J connectivity index is 2.14. The zero-order valence-corrected chi connectivity index (χ0v) is 10.7. The highest BCUT2D eigenvalue weighted by atomic mass is 32.1. The fourth-order valence-corrected chi connectivity index (χ4v) is 2.25. The van der Waals surface area contributed by atoms with Crippen molar-refractivity contribution < 1.29 is 0 Å². The molecule has 2 N–H and O–H groups in total. The molecule has 2 aromatic rings. The molecule has 0 bridgehead atoms. The van der Waals surface area contributed by atoms with Crippen LogP contribution in [0.15, 0.2) is 23.8 Å². The van der Waals surface area contributed by atoms with Crippen LogP contribution in [0.1, 0.15) is 36.0 Å². The number of nitrogen functional groups attached to an aromatic ring is 1. The highest BCUT2D eigenvalue weighted by molar-refractivity contribution is 7.10. The molecule has 0 fully saturated rings. The van der Waals surface area contributed by atoms with Crippen LogP contribution in [0.2, 0.25) is 0 Å². The molecule has 3 nitrogen and oxygen atoms in total. The van der Waals surface area contributed by atoms with Crippen LogP contribution >= 0.6 is 11.3 Å². The van der Waals surface area contributed by atoms with E-state index < -0.39 is 0 Å². The molecule has 2 aromatic heterocycles. The Morgan fingerprint density at radius 2 is 2.12 bits per heavy atom. The first-order valence-electron chi connectivity index (χ1n) is 5.49. The van der Waals surface area contributed by atoms with Gasteiger partial charge in [-0.25, -0.2) is 4.98 Å². The summed E-state index contributed by atoms with van der Waals surface area (Å²) in [4.78, 5) is 8.56. The highest BCUT2D eigenvalue weighted by Crippen LogP contribution is 2.19. The minimum Gasteiger partial charge on any atom is -0.397 e. The molecule has 0 aliphatic carbocycles. The standard InChI is InChI=1S/C13H15N3S/c1-9(2)12-8-17-13(16-12)4-3-10-5-11(14)7-15-6-10/h3-9H,14H2,1-2H3. The lowest BCUT2D eigenvalue weighted by Gasteiger charge is -1.96. The van der Waals surface area contributed by atoms with Gasteiger partial charge in [0.2, 0.25) is 0 Å². The van der Waals surface area contributed by atoms with Gasteiger partial charge in [-0.1, -0.05) is 19.9 Å². The number of hydrogen-bond acceptors (Lipinski definition) is 4. The van der Waals surface area contributed by atoms with Crippen LogP contribution in [0.5, 0.6) is 0 Å². The summed E-state index contributed by atoms with van der Waals surface area (Å²) >= 11 is 1.65. The first kappa shape index (κ1) is 11.8. The average Bonchev–Trinajstić information content (AvgIpc) is 2.75. The summed E-state index contributed by atoms with van der Waals surface area (Å²) in [6.45, 7) is 4.29. The van der Waals surface area contributed by atoms with E-state index in [1.807, 2.05) is 18.2 Å². The highest BCUT2D eigenvalue weighted by Gasteiger charge is 2.02. The first-order chi connectivity index (χ1) is 8.15. The normalized spacial score (nSPS) is 11.5. The second-order valence-corrected chi connectivity index (χ2v) is 5.04. The molecule has 0 aliphatic heterocycles. The largest absolute Gasteiger partial charge is 0.397 e. The maximum atomic E-state index is 5.66. The Hall–Kier alpha value is -1.68. The van der Waals surface area contributed by atoms with Crippen molar-refractivity contribution in [1.29, 1.82) is 0 Å². The molecule has 17 heavy (non-hydrogen) atoms. The van der Waals surface area contributed by atoms with Gasteiger partial charge in [-0.05, 0) is 23.6 Å². The van der Waals surface area contributed by atoms with Gasteiger partial charge in [-0.3, -0.25) is 4.98 Å². The molecule has 0 radical (unpaired) electrons. The van der Waals surface area contributed by atoms with Gasteiger partial charge >= 0.3 is 0 Å². The Labute approximate surface area is 105 Å². The van der Waals surface area contributed by atoms with Crippen molar-refractivity contribution in [3.8, 4) is 0 Å². The molecular weight excluding hydrogens is 230 g/mol. The molecule has 0 unspecified atom stereocenters. The van der Waals surface area contributed by atoms with Crippen molar-refractivity contribution in [2.45, 2.75) is 19.8 Å². The third-order valence-electron chi connectivity index (χ3n) is 2.33. The smallest absolute Gasteiger partial charge is 0.116 e. The molecule has 0 saturated heterocycles. The maximum absolute atomic E-state index is 5.66. The summed E-state index contributed by atoms with van der Waals surface area (Å²) in [5.41, 5.74) is 8.47. The van der Waals surface area contributed by atoms with Crippen molar-refractivity contribution in [3.05, 3.63) is 40.1 Å². The number of thiazole rings is 1. The van der Waals surface area contributed by atoms with Crippen LogP contribution in [0.25, 0.3) is 12.2 Å². The van der Waals surface area contributed by atoms with E-state index in [0.717, 1.165) is 16.3 Å². The van der Waals surface area contributed by atoms with E-state index in [0.29, 0.717) is 11.6 Å². The lowest BCUT2D eigenvalue weighted by atomic mass is 10.2. The van der Waals surface area contributed by atoms with Gasteiger partial charge in [-0.15, -0.1) is 11.3 Å². The second kappa shape index (κ2) is 5.10. The molecule has 2 rings (SSSR count). The number of hydrogen-bond donors (Lipinski definition) is 1. The number of anilines is 1. The van der Waals surface area contributed by atoms with E-state index in [1.54, 1.807) is 23.7 Å². The number of rotatable bonds is 3. The number of nitrogens with zero attached hydrogens (tertiary/aromatic N) is 2. The fourth-order valence-electron chi connectivity index (χ4n) is 1.38. The molecule has 0 aliphatic rings. The van der Waals surface area contributed by atoms with Gasteiger partial charge in [0, 0.05) is 17.8 Å². The first-order valence-corrected chi connectivity index (χ1v) is 6.37. The average molecular weight is 245 g/mol. The van der Waals surface area contributed by atoms with E-state index in [1.165, 1.54) is 0 Å². The van der Waals surface area contributed by atoms with Gasteiger partial charge in [0.1, 0.15) is 5.01 Å². The Morgan fingerprint density at radius 3 is 2.76 bits per heavy atom. The van der Waals surface area contributed by atoms with Gasteiger partial charge in [-0.2, -0.15) is 0 Å². The van der Waals surface area contributed by atoms with Crippen LogP contribution < -0.4 is 5.73 Å². The third-order valence-corrected chi connectivity index (χ3v) is 3.16. The minimum absolute atomic E-state index is 0.474. The summed E-state index contributed by atoms with van der Waals surface area (Å²) in [6.07, 6.45) is 7.39. The second-order valence-electron chi connectivity index (χ2n) is 4.15. The van der Waals surface area contributed by atoms with E-state index in [-0.39, 0.29) is 0 Å². The molecule has 0 saturated carbocycles. The van der Waals surface area contributed by atoms with Crippen LogP contribution in [0, 0.1) is 0 Å². The number of aromatic nitrogens is 2. The van der Waals surface area contributed by atoms with Crippen molar-refractivity contribution in [1.82, 2.24) is 9.97 Å². The predicted octanol–water partition coefficient (Wildman–Crippen LogP) is 3.41. The molecule has 0 amide bonds. The number of nitrogens with two attached hydrogens (primary N) is 1. The predicted molar refractivity (Wildman–Crippen MR) is 73.8 cm³/mol. The van der Waals surface area contributed by atoms with Crippen molar-refractivity contribution in [2.75, 3.05) is 5.73 Å². The maximum Gasteiger partial charge on any atom is 0.116 e. The SMILES string of the molecule is CC(C)c1csc(C=Cc2cncc(N)c2)n1. The van der Waals surface area contributed by atoms with Crippen LogP contribution in [0.3, 0.4) is 0 Å². The topological polar surface area (TPSA) is 51.8 Å². The summed E-state index contributed by atoms with van der Waals surface area (Å²) in [5.74, 6) is 0.474. The molecule has 0 aromatic carbocycles. The Kier molecular flexibility index (Phi) is 3.54. The molecule has 4 heteroatoms. The fraction of sp³-hybridized carbons (Fsp3) is 0.231. The Bertz CT molecular complexity index is 529. The summed E-state index contributed by atoms with van der Waals surface area (Å²) < 4.78 is 0. The van der Waals surface area contributed by atoms with E-state index in [4.69, 9.17) is 5.73 Å². The summed E-state index contributed by atoms with van der Waals surface area (Å²) in [7, 11) is 0. The quantitative estimate of drug-likeness (QED) is 0.901. The summed E-state index contributed by atoms with van der Waals surface area (Å²) in [5, 5.41) is 3.11. The molecule has 2 heterocycles. The van der Waals surface area contributed by atoms with Crippen LogP contribution in [-0.2, 0) is 0 Å². The van der Waals surface area contributed by atoms with Gasteiger partial charge < -0.3 is 5.73 Å². The number of pyridine rings is 1. The molecule has 88 valence electrons. The minimum atomic E-state index is 0.474.